The molecule has 31 heavy (non-hydrogen) atoms. The van der Waals surface area contributed by atoms with Crippen LogP contribution in [-0.4, -0.2) is 33.1 Å². The molecular weight excluding hydrogens is 384 g/mol. The molecule has 0 radical (unpaired) electrons. The van der Waals surface area contributed by atoms with Crippen LogP contribution >= 0.6 is 0 Å². The largest absolute Gasteiger partial charge is 0.393 e. The first-order valence-corrected chi connectivity index (χ1v) is 12.2. The molecule has 0 aromatic heterocycles. The van der Waals surface area contributed by atoms with E-state index >= 15 is 0 Å². The Morgan fingerprint density at radius 2 is 1.90 bits per heavy atom. The second-order valence-electron chi connectivity index (χ2n) is 11.5. The van der Waals surface area contributed by atoms with Gasteiger partial charge >= 0.3 is 0 Å². The smallest absolute Gasteiger partial charge is 0.119 e. The van der Waals surface area contributed by atoms with E-state index in [9.17, 15) is 15.3 Å². The molecule has 0 bridgehead atoms. The molecule has 3 heteroatoms. The first kappa shape index (κ1) is 22.8. The minimum Gasteiger partial charge on any atom is -0.393 e. The van der Waals surface area contributed by atoms with Gasteiger partial charge in [-0.25, -0.2) is 0 Å². The normalized spacial score (nSPS) is 39.9. The number of rotatable bonds is 3. The second-order valence-corrected chi connectivity index (χ2v) is 11.5. The standard InChI is InChI=1S/C28H40O3/c1-19-21(17-22(29)18-24(19)30)9-8-20-7-5-13-27(4)23(20)10-11-25(27)28(15-16-28)14-6-12-26(2,3)31/h8-9,22-25,29-31H,1,5,7,10-11,13-18H2,2-4H3/b20-8+,21-9-/t22?,23?,24-,25?,27-/m0/s1. The second kappa shape index (κ2) is 8.22. The third-order valence-corrected chi connectivity index (χ3v) is 8.69. The van der Waals surface area contributed by atoms with Crippen molar-refractivity contribution in [2.75, 3.05) is 0 Å². The van der Waals surface area contributed by atoms with Crippen molar-refractivity contribution in [3.63, 3.8) is 0 Å². The Morgan fingerprint density at radius 3 is 2.58 bits per heavy atom. The highest BCUT2D eigenvalue weighted by Crippen LogP contribution is 2.69. The minimum atomic E-state index is -0.906. The lowest BCUT2D eigenvalue weighted by molar-refractivity contribution is 0.0815. The fraction of sp³-hybridized carbons (Fsp3) is 0.714. The summed E-state index contributed by atoms with van der Waals surface area (Å²) in [6, 6.07) is 0. The summed E-state index contributed by atoms with van der Waals surface area (Å²) in [5, 5.41) is 30.2. The molecule has 3 N–H and O–H groups in total. The number of allylic oxidation sites excluding steroid dienone is 3. The Kier molecular flexibility index (Phi) is 6.05. The molecule has 0 aliphatic heterocycles. The number of fused-ring (bicyclic) bond motifs is 1. The van der Waals surface area contributed by atoms with Crippen LogP contribution in [0.1, 0.15) is 85.0 Å². The highest BCUT2D eigenvalue weighted by Gasteiger charge is 2.60. The predicted molar refractivity (Wildman–Crippen MR) is 125 cm³/mol. The Labute approximate surface area is 188 Å². The summed E-state index contributed by atoms with van der Waals surface area (Å²) >= 11 is 0. The van der Waals surface area contributed by atoms with Gasteiger partial charge in [0.25, 0.3) is 0 Å². The zero-order valence-corrected chi connectivity index (χ0v) is 19.6. The molecule has 0 aromatic carbocycles. The molecule has 4 rings (SSSR count). The van der Waals surface area contributed by atoms with Crippen LogP contribution in [0.4, 0.5) is 0 Å². The van der Waals surface area contributed by atoms with Crippen molar-refractivity contribution in [1.29, 1.82) is 0 Å². The summed E-state index contributed by atoms with van der Waals surface area (Å²) in [4.78, 5) is 0. The third kappa shape index (κ3) is 4.58. The van der Waals surface area contributed by atoms with E-state index in [1.807, 2.05) is 0 Å². The van der Waals surface area contributed by atoms with Crippen molar-refractivity contribution < 1.29 is 15.3 Å². The van der Waals surface area contributed by atoms with Crippen LogP contribution < -0.4 is 0 Å². The first-order chi connectivity index (χ1) is 14.5. The van der Waals surface area contributed by atoms with Gasteiger partial charge in [-0.05, 0) is 99.0 Å². The molecule has 0 heterocycles. The molecule has 4 fully saturated rings. The van der Waals surface area contributed by atoms with Crippen molar-refractivity contribution in [1.82, 2.24) is 0 Å². The van der Waals surface area contributed by atoms with Crippen LogP contribution in [0.5, 0.6) is 0 Å². The van der Waals surface area contributed by atoms with Crippen LogP contribution in [0, 0.1) is 34.5 Å². The topological polar surface area (TPSA) is 60.7 Å². The van der Waals surface area contributed by atoms with Gasteiger partial charge in [0.1, 0.15) is 5.60 Å². The molecule has 4 saturated carbocycles. The quantitative estimate of drug-likeness (QED) is 0.554. The van der Waals surface area contributed by atoms with E-state index < -0.39 is 17.8 Å². The van der Waals surface area contributed by atoms with Gasteiger partial charge in [-0.1, -0.05) is 43.1 Å². The number of aliphatic hydroxyl groups excluding tert-OH is 2. The maximum absolute atomic E-state index is 10.2. The molecular formula is C28H40O3. The van der Waals surface area contributed by atoms with Gasteiger partial charge in [0.2, 0.25) is 0 Å². The van der Waals surface area contributed by atoms with Crippen LogP contribution in [0.2, 0.25) is 0 Å². The molecule has 170 valence electrons. The SMILES string of the molecule is C=C1/C(=C\C=C2/CCC[C@@]3(C)C2CCC3C2(CC#CC(C)(C)O)CC2)CC(O)C[C@@H]1O. The van der Waals surface area contributed by atoms with Gasteiger partial charge in [-0.3, -0.25) is 0 Å². The van der Waals surface area contributed by atoms with E-state index in [0.717, 1.165) is 24.0 Å². The molecule has 3 nitrogen and oxygen atoms in total. The molecule has 0 spiro atoms. The number of aliphatic hydroxyl groups is 3. The van der Waals surface area contributed by atoms with Crippen LogP contribution in [0.3, 0.4) is 0 Å². The lowest BCUT2D eigenvalue weighted by Crippen LogP contribution is -2.37. The summed E-state index contributed by atoms with van der Waals surface area (Å²) in [7, 11) is 0. The molecule has 3 unspecified atom stereocenters. The van der Waals surface area contributed by atoms with E-state index in [1.165, 1.54) is 38.5 Å². The highest BCUT2D eigenvalue weighted by atomic mass is 16.3. The monoisotopic (exact) mass is 424 g/mol. The fourth-order valence-electron chi connectivity index (χ4n) is 6.96. The van der Waals surface area contributed by atoms with Gasteiger partial charge in [-0.15, -0.1) is 0 Å². The predicted octanol–water partition coefficient (Wildman–Crippen LogP) is 5.07. The van der Waals surface area contributed by atoms with E-state index in [1.54, 1.807) is 19.4 Å². The van der Waals surface area contributed by atoms with Gasteiger partial charge in [0.05, 0.1) is 12.2 Å². The van der Waals surface area contributed by atoms with Crippen LogP contribution in [0.15, 0.2) is 35.5 Å². The number of hydrogen-bond acceptors (Lipinski definition) is 3. The zero-order chi connectivity index (χ0) is 22.4. The van der Waals surface area contributed by atoms with Gasteiger partial charge < -0.3 is 15.3 Å². The average Bonchev–Trinajstić information content (AvgIpc) is 3.35. The summed E-state index contributed by atoms with van der Waals surface area (Å²) in [6.07, 6.45) is 14.0. The van der Waals surface area contributed by atoms with Crippen molar-refractivity contribution in [2.24, 2.45) is 22.7 Å². The Bertz CT molecular complexity index is 842. The van der Waals surface area contributed by atoms with Crippen molar-refractivity contribution in [3.8, 4) is 11.8 Å². The van der Waals surface area contributed by atoms with E-state index in [0.29, 0.717) is 35.5 Å². The van der Waals surface area contributed by atoms with Gasteiger partial charge in [0, 0.05) is 12.8 Å². The first-order valence-electron chi connectivity index (χ1n) is 12.2. The summed E-state index contributed by atoms with van der Waals surface area (Å²) in [5.41, 5.74) is 3.10. The lowest BCUT2D eigenvalue weighted by Gasteiger charge is -2.45. The van der Waals surface area contributed by atoms with Crippen LogP contribution in [0.25, 0.3) is 0 Å². The van der Waals surface area contributed by atoms with Gasteiger partial charge in [-0.2, -0.15) is 0 Å². The van der Waals surface area contributed by atoms with Crippen LogP contribution in [-0.2, 0) is 0 Å². The third-order valence-electron chi connectivity index (χ3n) is 8.69. The Morgan fingerprint density at radius 1 is 1.16 bits per heavy atom. The van der Waals surface area contributed by atoms with E-state index in [4.69, 9.17) is 0 Å². The maximum atomic E-state index is 10.2. The molecule has 4 aliphatic carbocycles. The van der Waals surface area contributed by atoms with Crippen molar-refractivity contribution >= 4 is 0 Å². The molecule has 0 amide bonds. The molecule has 5 atom stereocenters. The summed E-state index contributed by atoms with van der Waals surface area (Å²) in [6.45, 7) is 10.1. The highest BCUT2D eigenvalue weighted by molar-refractivity contribution is 5.39. The van der Waals surface area contributed by atoms with E-state index in [-0.39, 0.29) is 0 Å². The van der Waals surface area contributed by atoms with Gasteiger partial charge in [0.15, 0.2) is 0 Å². The average molecular weight is 425 g/mol. The molecule has 4 aliphatic rings. The van der Waals surface area contributed by atoms with E-state index in [2.05, 4.69) is 37.5 Å². The number of hydrogen-bond donors (Lipinski definition) is 3. The molecule has 0 aromatic rings. The zero-order valence-electron chi connectivity index (χ0n) is 19.6. The summed E-state index contributed by atoms with van der Waals surface area (Å²) < 4.78 is 0. The fourth-order valence-corrected chi connectivity index (χ4v) is 6.96. The Hall–Kier alpha value is -1.34. The maximum Gasteiger partial charge on any atom is 0.119 e. The Balaban J connectivity index is 1.53. The minimum absolute atomic E-state index is 0.331. The lowest BCUT2D eigenvalue weighted by atomic mass is 9.59. The molecule has 0 saturated heterocycles. The van der Waals surface area contributed by atoms with Crippen molar-refractivity contribution in [2.45, 2.75) is 103 Å². The van der Waals surface area contributed by atoms with Crippen molar-refractivity contribution in [3.05, 3.63) is 35.5 Å². The summed E-state index contributed by atoms with van der Waals surface area (Å²) in [5.74, 6) is 7.70.